The van der Waals surface area contributed by atoms with Crippen LogP contribution in [-0.2, 0) is 0 Å². The predicted molar refractivity (Wildman–Crippen MR) is 79.6 cm³/mol. The van der Waals surface area contributed by atoms with E-state index in [0.29, 0.717) is 16.9 Å². The molecule has 2 N–H and O–H groups in total. The summed E-state index contributed by atoms with van der Waals surface area (Å²) in [5.41, 5.74) is 1.25. The van der Waals surface area contributed by atoms with Crippen molar-refractivity contribution in [2.24, 2.45) is 0 Å². The average Bonchev–Trinajstić information content (AvgIpc) is 2.75. The molecule has 1 amide bonds. The number of halogens is 1. The molecular weight excluding hydrogens is 322 g/mol. The van der Waals surface area contributed by atoms with E-state index < -0.39 is 6.10 Å². The topological polar surface area (TPSA) is 62.5 Å². The molecule has 1 aromatic heterocycles. The van der Waals surface area contributed by atoms with Crippen LogP contribution in [-0.4, -0.2) is 17.6 Å². The van der Waals surface area contributed by atoms with Gasteiger partial charge in [0.25, 0.3) is 5.91 Å². The molecule has 0 radical (unpaired) electrons. The largest absolute Gasteiger partial charge is 0.466 e. The molecule has 0 aliphatic rings. The minimum Gasteiger partial charge on any atom is -0.466 e. The average molecular weight is 338 g/mol. The Morgan fingerprint density at radius 3 is 2.70 bits per heavy atom. The van der Waals surface area contributed by atoms with Gasteiger partial charge in [-0.15, -0.1) is 0 Å². The highest BCUT2D eigenvalue weighted by Gasteiger charge is 2.16. The number of aliphatic hydroxyl groups is 1. The summed E-state index contributed by atoms with van der Waals surface area (Å²) in [6.07, 6.45) is -0.779. The fraction of sp³-hybridized carbons (Fsp3) is 0.267. The molecule has 0 bridgehead atoms. The van der Waals surface area contributed by atoms with Gasteiger partial charge in [0.15, 0.2) is 0 Å². The van der Waals surface area contributed by atoms with Crippen LogP contribution in [0.1, 0.15) is 33.5 Å². The Kier molecular flexibility index (Phi) is 4.62. The number of carbonyl (C=O) groups is 1. The molecule has 5 heteroatoms. The Labute approximate surface area is 125 Å². The van der Waals surface area contributed by atoms with Crippen LogP contribution in [0.3, 0.4) is 0 Å². The summed E-state index contributed by atoms with van der Waals surface area (Å²) in [7, 11) is 0. The van der Waals surface area contributed by atoms with Crippen LogP contribution in [0.2, 0.25) is 0 Å². The van der Waals surface area contributed by atoms with Crippen LogP contribution in [0.5, 0.6) is 0 Å². The molecule has 1 aromatic carbocycles. The second-order valence-electron chi connectivity index (χ2n) is 4.57. The number of hydrogen-bond acceptors (Lipinski definition) is 3. The third-order valence-corrected chi connectivity index (χ3v) is 3.70. The van der Waals surface area contributed by atoms with E-state index >= 15 is 0 Å². The fourth-order valence-corrected chi connectivity index (χ4v) is 2.49. The number of amides is 1. The molecular formula is C15H16BrNO3. The van der Waals surface area contributed by atoms with E-state index in [1.807, 2.05) is 13.0 Å². The van der Waals surface area contributed by atoms with E-state index in [9.17, 15) is 9.90 Å². The Hall–Kier alpha value is -1.59. The van der Waals surface area contributed by atoms with Crippen molar-refractivity contribution in [1.82, 2.24) is 5.32 Å². The van der Waals surface area contributed by atoms with Gasteiger partial charge in [-0.25, -0.2) is 0 Å². The van der Waals surface area contributed by atoms with E-state index in [1.54, 1.807) is 31.2 Å². The number of aryl methyl sites for hydroxylation is 2. The van der Waals surface area contributed by atoms with Crippen LogP contribution in [0.25, 0.3) is 0 Å². The summed E-state index contributed by atoms with van der Waals surface area (Å²) in [6, 6.07) is 8.94. The first-order chi connectivity index (χ1) is 9.49. The summed E-state index contributed by atoms with van der Waals surface area (Å²) in [5.74, 6) is 1.19. The number of carbonyl (C=O) groups excluding carboxylic acids is 1. The maximum absolute atomic E-state index is 12.0. The van der Waals surface area contributed by atoms with Gasteiger partial charge in [0.2, 0.25) is 0 Å². The van der Waals surface area contributed by atoms with Crippen LogP contribution in [0, 0.1) is 13.8 Å². The summed E-state index contributed by atoms with van der Waals surface area (Å²) in [4.78, 5) is 12.0. The van der Waals surface area contributed by atoms with Gasteiger partial charge in [-0.2, -0.15) is 0 Å². The Morgan fingerprint density at radius 1 is 1.40 bits per heavy atom. The number of benzene rings is 1. The van der Waals surface area contributed by atoms with Crippen molar-refractivity contribution in [3.8, 4) is 0 Å². The van der Waals surface area contributed by atoms with Crippen molar-refractivity contribution in [1.29, 1.82) is 0 Å². The van der Waals surface area contributed by atoms with Gasteiger partial charge in [-0.05, 0) is 48.0 Å². The van der Waals surface area contributed by atoms with Crippen molar-refractivity contribution in [2.45, 2.75) is 20.0 Å². The van der Waals surface area contributed by atoms with Crippen LogP contribution < -0.4 is 5.32 Å². The zero-order valence-electron chi connectivity index (χ0n) is 11.3. The first kappa shape index (κ1) is 14.8. The molecule has 2 rings (SSSR count). The third kappa shape index (κ3) is 3.29. The summed E-state index contributed by atoms with van der Waals surface area (Å²) < 4.78 is 6.09. The van der Waals surface area contributed by atoms with E-state index in [2.05, 4.69) is 21.2 Å². The maximum Gasteiger partial charge on any atom is 0.252 e. The van der Waals surface area contributed by atoms with Gasteiger partial charge in [-0.3, -0.25) is 4.79 Å². The quantitative estimate of drug-likeness (QED) is 0.900. The zero-order valence-corrected chi connectivity index (χ0v) is 12.9. The molecule has 20 heavy (non-hydrogen) atoms. The molecule has 106 valence electrons. The Balaban J connectivity index is 2.00. The molecule has 0 fully saturated rings. The molecule has 1 heterocycles. The van der Waals surface area contributed by atoms with E-state index in [1.165, 1.54) is 0 Å². The number of aliphatic hydroxyl groups excluding tert-OH is 1. The lowest BCUT2D eigenvalue weighted by atomic mass is 10.1. The van der Waals surface area contributed by atoms with Crippen molar-refractivity contribution < 1.29 is 14.3 Å². The molecule has 2 aromatic rings. The number of furan rings is 1. The van der Waals surface area contributed by atoms with E-state index in [4.69, 9.17) is 4.42 Å². The molecule has 1 unspecified atom stereocenters. The lowest BCUT2D eigenvalue weighted by molar-refractivity contribution is 0.0914. The van der Waals surface area contributed by atoms with Crippen LogP contribution in [0.4, 0.5) is 0 Å². The SMILES string of the molecule is Cc1cc(C(O)CNC(=O)c2ccccc2Br)c(C)o1. The predicted octanol–water partition coefficient (Wildman–Crippen LogP) is 3.12. The van der Waals surface area contributed by atoms with Gasteiger partial charge in [0.1, 0.15) is 11.5 Å². The lowest BCUT2D eigenvalue weighted by Gasteiger charge is -2.11. The maximum atomic E-state index is 12.0. The second kappa shape index (κ2) is 6.24. The first-order valence-electron chi connectivity index (χ1n) is 6.26. The zero-order chi connectivity index (χ0) is 14.7. The van der Waals surface area contributed by atoms with E-state index in [-0.39, 0.29) is 12.5 Å². The molecule has 1 atom stereocenters. The molecule has 0 aliphatic heterocycles. The first-order valence-corrected chi connectivity index (χ1v) is 7.06. The van der Waals surface area contributed by atoms with E-state index in [0.717, 1.165) is 10.2 Å². The van der Waals surface area contributed by atoms with Crippen molar-refractivity contribution >= 4 is 21.8 Å². The summed E-state index contributed by atoms with van der Waals surface area (Å²) >= 11 is 3.33. The number of nitrogens with one attached hydrogen (secondary N) is 1. The summed E-state index contributed by atoms with van der Waals surface area (Å²) in [5, 5.41) is 12.8. The normalized spacial score (nSPS) is 12.2. The smallest absolute Gasteiger partial charge is 0.252 e. The highest BCUT2D eigenvalue weighted by molar-refractivity contribution is 9.10. The van der Waals surface area contributed by atoms with Gasteiger partial charge in [0.05, 0.1) is 11.7 Å². The van der Waals surface area contributed by atoms with Crippen molar-refractivity contribution in [3.63, 3.8) is 0 Å². The van der Waals surface area contributed by atoms with Gasteiger partial charge in [-0.1, -0.05) is 12.1 Å². The number of hydrogen-bond donors (Lipinski definition) is 2. The minimum atomic E-state index is -0.779. The van der Waals surface area contributed by atoms with Crippen molar-refractivity contribution in [3.05, 3.63) is 57.5 Å². The standard InChI is InChI=1S/C15H16BrNO3/c1-9-7-12(10(2)20-9)14(18)8-17-15(19)11-5-3-4-6-13(11)16/h3-7,14,18H,8H2,1-2H3,(H,17,19). The molecule has 0 spiro atoms. The van der Waals surface area contributed by atoms with Crippen molar-refractivity contribution in [2.75, 3.05) is 6.54 Å². The molecule has 4 nitrogen and oxygen atoms in total. The second-order valence-corrected chi connectivity index (χ2v) is 5.43. The third-order valence-electron chi connectivity index (χ3n) is 3.01. The highest BCUT2D eigenvalue weighted by Crippen LogP contribution is 2.21. The monoisotopic (exact) mass is 337 g/mol. The Bertz CT molecular complexity index is 621. The lowest BCUT2D eigenvalue weighted by Crippen LogP contribution is -2.28. The van der Waals surface area contributed by atoms with Gasteiger partial charge >= 0.3 is 0 Å². The van der Waals surface area contributed by atoms with Gasteiger partial charge in [0, 0.05) is 16.6 Å². The Morgan fingerprint density at radius 2 is 2.10 bits per heavy atom. The fourth-order valence-electron chi connectivity index (χ4n) is 2.02. The van der Waals surface area contributed by atoms with Crippen LogP contribution in [0.15, 0.2) is 39.2 Å². The minimum absolute atomic E-state index is 0.139. The van der Waals surface area contributed by atoms with Gasteiger partial charge < -0.3 is 14.8 Å². The molecule has 0 aliphatic carbocycles. The number of rotatable bonds is 4. The summed E-state index contributed by atoms with van der Waals surface area (Å²) in [6.45, 7) is 3.75. The highest BCUT2D eigenvalue weighted by atomic mass is 79.9. The van der Waals surface area contributed by atoms with Crippen LogP contribution >= 0.6 is 15.9 Å². The molecule has 0 saturated carbocycles. The molecule has 0 saturated heterocycles.